The summed E-state index contributed by atoms with van der Waals surface area (Å²) < 4.78 is 5.47. The van der Waals surface area contributed by atoms with Crippen LogP contribution in [0.15, 0.2) is 83.0 Å². The molecular weight excluding hydrogens is 725 g/mol. The zero-order chi connectivity index (χ0) is 42.3. The second kappa shape index (κ2) is 22.8. The SMILES string of the molecule is C=C(/C=C/C=C(/[C@H](O)CCCCC)[C@@H]1CC[C@]2([C@@H]1O)[C@@H](CCCO)/C(=C(/C)C=O)CC[C@]2(O)CCNC)[C@@H]1C/C=C(\C)CN[C@@](C)(CCOC)Cc2cccc(c2)C1. The number of methoxy groups -OCH3 is 1. The quantitative estimate of drug-likeness (QED) is 0.0274. The highest BCUT2D eigenvalue weighted by Gasteiger charge is 2.65. The van der Waals surface area contributed by atoms with E-state index in [0.717, 1.165) is 74.5 Å². The molecule has 0 unspecified atom stereocenters. The van der Waals surface area contributed by atoms with Gasteiger partial charge in [-0.15, -0.1) is 0 Å². The zero-order valence-electron chi connectivity index (χ0n) is 36.8. The summed E-state index contributed by atoms with van der Waals surface area (Å²) >= 11 is 0. The highest BCUT2D eigenvalue weighted by atomic mass is 16.5. The number of aldehydes is 1. The molecule has 0 saturated heterocycles. The fourth-order valence-electron chi connectivity index (χ4n) is 10.6. The molecule has 2 fully saturated rings. The van der Waals surface area contributed by atoms with Crippen LogP contribution in [0.2, 0.25) is 0 Å². The molecule has 1 aliphatic heterocycles. The third kappa shape index (κ3) is 11.8. The highest BCUT2D eigenvalue weighted by Crippen LogP contribution is 2.64. The lowest BCUT2D eigenvalue weighted by molar-refractivity contribution is -0.181. The maximum absolute atomic E-state index is 12.8. The van der Waals surface area contributed by atoms with E-state index in [1.54, 1.807) is 7.11 Å². The molecule has 324 valence electrons. The Labute approximate surface area is 351 Å². The van der Waals surface area contributed by atoms with Crippen LogP contribution >= 0.6 is 0 Å². The lowest BCUT2D eigenvalue weighted by Gasteiger charge is -2.57. The van der Waals surface area contributed by atoms with Crippen molar-refractivity contribution >= 4 is 6.29 Å². The van der Waals surface area contributed by atoms with Crippen LogP contribution in [0.3, 0.4) is 0 Å². The fourth-order valence-corrected chi connectivity index (χ4v) is 10.6. The topological polar surface area (TPSA) is 131 Å². The summed E-state index contributed by atoms with van der Waals surface area (Å²) in [6.07, 6.45) is 18.5. The molecule has 1 aromatic carbocycles. The predicted octanol–water partition coefficient (Wildman–Crippen LogP) is 7.90. The van der Waals surface area contributed by atoms with Gasteiger partial charge >= 0.3 is 0 Å². The van der Waals surface area contributed by atoms with Crippen molar-refractivity contribution in [1.29, 1.82) is 0 Å². The molecular formula is C50H78N2O6. The van der Waals surface area contributed by atoms with Crippen LogP contribution in [-0.4, -0.2) is 90.5 Å². The standard InChI is InChI=1S/C50H78N2O6/c1-8-9-10-19-46(55)43(44-23-25-50(47(44)56)45(18-13-29-53)42(38(4)35-54)22-24-49(50,57)26-28-51-6)17-11-14-37(3)41-21-20-36(2)34-52-48(5,27-30-58-7)33-40-16-12-15-39(31-40)32-41/h11-12,14-17,20,31,35,41,44-47,51-53,55-57H,3,8-10,13,18-19,21-30,32-34H2,1-2,4-7H3/b14-11+,36-20+,42-38-,43-17+/t41-,44+,45+,46-,47-,48+,49+,50-/m1/s1. The number of ether oxygens (including phenoxy) is 1. The Kier molecular flexibility index (Phi) is 18.8. The lowest BCUT2D eigenvalue weighted by Crippen LogP contribution is -2.61. The van der Waals surface area contributed by atoms with Gasteiger partial charge in [0.25, 0.3) is 0 Å². The number of carbonyl (C=O) groups is 1. The molecule has 3 aliphatic rings. The largest absolute Gasteiger partial charge is 0.396 e. The third-order valence-electron chi connectivity index (χ3n) is 14.1. The van der Waals surface area contributed by atoms with E-state index in [4.69, 9.17) is 4.74 Å². The number of benzene rings is 1. The molecule has 8 atom stereocenters. The van der Waals surface area contributed by atoms with E-state index in [-0.39, 0.29) is 29.9 Å². The highest BCUT2D eigenvalue weighted by molar-refractivity contribution is 5.74. The van der Waals surface area contributed by atoms with Gasteiger partial charge in [-0.05, 0) is 146 Å². The number of hydrogen-bond acceptors (Lipinski definition) is 8. The number of carbonyl (C=O) groups excluding carboxylic acids is 1. The molecule has 0 amide bonds. The van der Waals surface area contributed by atoms with Gasteiger partial charge in [0, 0.05) is 43.7 Å². The Balaban J connectivity index is 1.70. The molecule has 8 nitrogen and oxygen atoms in total. The summed E-state index contributed by atoms with van der Waals surface area (Å²) in [5.41, 5.74) is 5.16. The first kappa shape index (κ1) is 48.0. The number of unbranched alkanes of at least 4 members (excludes halogenated alkanes) is 2. The molecule has 58 heavy (non-hydrogen) atoms. The molecule has 1 spiro atoms. The Morgan fingerprint density at radius 3 is 2.66 bits per heavy atom. The molecule has 8 heteroatoms. The molecule has 1 aromatic rings. The van der Waals surface area contributed by atoms with Crippen LogP contribution in [0, 0.1) is 23.2 Å². The second-order valence-electron chi connectivity index (χ2n) is 18.2. The van der Waals surface area contributed by atoms with Crippen molar-refractivity contribution in [1.82, 2.24) is 10.6 Å². The molecule has 2 bridgehead atoms. The average Bonchev–Trinajstić information content (AvgIpc) is 3.55. The summed E-state index contributed by atoms with van der Waals surface area (Å²) in [5.74, 6) is -0.463. The van der Waals surface area contributed by atoms with E-state index in [2.05, 4.69) is 74.4 Å². The van der Waals surface area contributed by atoms with Gasteiger partial charge in [0.15, 0.2) is 0 Å². The first-order chi connectivity index (χ1) is 27.8. The van der Waals surface area contributed by atoms with Gasteiger partial charge in [0.2, 0.25) is 0 Å². The summed E-state index contributed by atoms with van der Waals surface area (Å²) in [5, 5.41) is 54.5. The van der Waals surface area contributed by atoms with Gasteiger partial charge in [0.05, 0.1) is 17.8 Å². The zero-order valence-corrected chi connectivity index (χ0v) is 36.8. The number of aliphatic hydroxyl groups is 4. The predicted molar refractivity (Wildman–Crippen MR) is 238 cm³/mol. The lowest BCUT2D eigenvalue weighted by atomic mass is 9.51. The van der Waals surface area contributed by atoms with Crippen LogP contribution in [0.25, 0.3) is 0 Å². The van der Waals surface area contributed by atoms with Gasteiger partial charge < -0.3 is 35.8 Å². The Bertz CT molecular complexity index is 1610. The molecule has 6 N–H and O–H groups in total. The van der Waals surface area contributed by atoms with Gasteiger partial charge in [-0.2, -0.15) is 0 Å². The summed E-state index contributed by atoms with van der Waals surface area (Å²) in [4.78, 5) is 12.2. The Hall–Kier alpha value is -2.69. The molecule has 2 aliphatic carbocycles. The van der Waals surface area contributed by atoms with Crippen LogP contribution in [0.1, 0.15) is 122 Å². The van der Waals surface area contributed by atoms with Crippen LogP contribution in [-0.2, 0) is 22.4 Å². The minimum atomic E-state index is -1.19. The molecule has 2 saturated carbocycles. The normalized spacial score (nSPS) is 32.0. The third-order valence-corrected chi connectivity index (χ3v) is 14.1. The van der Waals surface area contributed by atoms with Crippen molar-refractivity contribution in [3.05, 3.63) is 94.1 Å². The van der Waals surface area contributed by atoms with Crippen molar-refractivity contribution < 1.29 is 30.0 Å². The van der Waals surface area contributed by atoms with Gasteiger partial charge in [-0.3, -0.25) is 4.79 Å². The van der Waals surface area contributed by atoms with E-state index in [9.17, 15) is 25.2 Å². The minimum Gasteiger partial charge on any atom is -0.396 e. The Morgan fingerprint density at radius 1 is 1.17 bits per heavy atom. The fraction of sp³-hybridized carbons (Fsp3) is 0.660. The second-order valence-corrected chi connectivity index (χ2v) is 18.2. The number of hydrogen-bond donors (Lipinski definition) is 6. The van der Waals surface area contributed by atoms with Crippen molar-refractivity contribution in [2.45, 2.75) is 147 Å². The number of rotatable bonds is 19. The molecule has 1 heterocycles. The summed E-state index contributed by atoms with van der Waals surface area (Å²) in [6, 6.07) is 8.94. The molecule has 0 radical (unpaired) electrons. The van der Waals surface area contributed by atoms with Crippen molar-refractivity contribution in [3.63, 3.8) is 0 Å². The van der Waals surface area contributed by atoms with E-state index in [1.807, 2.05) is 26.1 Å². The smallest absolute Gasteiger partial charge is 0.145 e. The number of aliphatic hydroxyl groups excluding tert-OH is 3. The van der Waals surface area contributed by atoms with E-state index >= 15 is 0 Å². The van der Waals surface area contributed by atoms with E-state index in [1.165, 1.54) is 16.7 Å². The van der Waals surface area contributed by atoms with Crippen LogP contribution in [0.4, 0.5) is 0 Å². The molecule has 4 rings (SSSR count). The average molecular weight is 803 g/mol. The number of fused-ring (bicyclic) bond motifs is 2. The maximum Gasteiger partial charge on any atom is 0.145 e. The first-order valence-electron chi connectivity index (χ1n) is 22.3. The van der Waals surface area contributed by atoms with E-state index < -0.39 is 23.2 Å². The van der Waals surface area contributed by atoms with Crippen molar-refractivity contribution in [3.8, 4) is 0 Å². The number of nitrogens with one attached hydrogen (secondary N) is 2. The van der Waals surface area contributed by atoms with Crippen molar-refractivity contribution in [2.24, 2.45) is 23.2 Å². The minimum absolute atomic E-state index is 0.00254. The Morgan fingerprint density at radius 2 is 1.95 bits per heavy atom. The first-order valence-corrected chi connectivity index (χ1v) is 22.3. The maximum atomic E-state index is 12.8. The summed E-state index contributed by atoms with van der Waals surface area (Å²) in [6.45, 7) is 15.2. The van der Waals surface area contributed by atoms with Crippen molar-refractivity contribution in [2.75, 3.05) is 40.5 Å². The monoisotopic (exact) mass is 803 g/mol. The van der Waals surface area contributed by atoms with E-state index in [0.29, 0.717) is 70.1 Å². The van der Waals surface area contributed by atoms with Gasteiger partial charge in [0.1, 0.15) is 6.29 Å². The van der Waals surface area contributed by atoms with Crippen LogP contribution < -0.4 is 10.6 Å². The molecule has 0 aromatic heterocycles. The number of allylic oxidation sites excluding steroid dienone is 7. The van der Waals surface area contributed by atoms with Gasteiger partial charge in [-0.25, -0.2) is 0 Å². The summed E-state index contributed by atoms with van der Waals surface area (Å²) in [7, 11) is 3.64. The van der Waals surface area contributed by atoms with Gasteiger partial charge in [-0.1, -0.05) is 98.1 Å². The van der Waals surface area contributed by atoms with Crippen LogP contribution in [0.5, 0.6) is 0 Å².